The molecule has 0 spiro atoms. The van der Waals surface area contributed by atoms with E-state index in [0.29, 0.717) is 17.1 Å². The third-order valence-electron chi connectivity index (χ3n) is 5.15. The summed E-state index contributed by atoms with van der Waals surface area (Å²) in [5.74, 6) is 0.134. The number of rotatable bonds is 8. The summed E-state index contributed by atoms with van der Waals surface area (Å²) >= 11 is 0.853. The molecule has 1 aromatic heterocycles. The van der Waals surface area contributed by atoms with E-state index in [2.05, 4.69) is 20.6 Å². The maximum atomic E-state index is 12.9. The summed E-state index contributed by atoms with van der Waals surface area (Å²) in [7, 11) is -3.58. The van der Waals surface area contributed by atoms with Crippen LogP contribution in [0.4, 0.5) is 15.6 Å². The summed E-state index contributed by atoms with van der Waals surface area (Å²) in [6, 6.07) is 4.71. The molecule has 0 aliphatic heterocycles. The zero-order valence-corrected chi connectivity index (χ0v) is 19.7. The molecule has 1 saturated carbocycles. The monoisotopic (exact) mass is 477 g/mol. The van der Waals surface area contributed by atoms with Crippen LogP contribution in [-0.2, 0) is 9.84 Å². The van der Waals surface area contributed by atoms with E-state index in [0.717, 1.165) is 42.6 Å². The highest BCUT2D eigenvalue weighted by molar-refractivity contribution is 7.93. The second-order valence-electron chi connectivity index (χ2n) is 7.80. The maximum Gasteiger partial charge on any atom is 0.325 e. The molecule has 9 nitrogen and oxygen atoms in total. The van der Waals surface area contributed by atoms with Crippen LogP contribution in [0.2, 0.25) is 0 Å². The lowest BCUT2D eigenvalue weighted by atomic mass is 9.94. The number of aromatic nitrogens is 1. The number of anilines is 2. The number of thiazole rings is 1. The van der Waals surface area contributed by atoms with Crippen LogP contribution in [0.25, 0.3) is 0 Å². The van der Waals surface area contributed by atoms with Crippen molar-refractivity contribution in [1.29, 1.82) is 0 Å². The van der Waals surface area contributed by atoms with Gasteiger partial charge in [-0.2, -0.15) is 0 Å². The molecule has 0 atom stereocenters. The Morgan fingerprint density at radius 1 is 1.25 bits per heavy atom. The normalized spacial score (nSPS) is 15.0. The van der Waals surface area contributed by atoms with Crippen molar-refractivity contribution in [1.82, 2.24) is 4.98 Å². The number of amidine groups is 1. The van der Waals surface area contributed by atoms with Crippen molar-refractivity contribution >= 4 is 49.6 Å². The molecule has 11 heteroatoms. The lowest BCUT2D eigenvalue weighted by molar-refractivity contribution is 0.0923. The Hall–Kier alpha value is -2.79. The van der Waals surface area contributed by atoms with Gasteiger partial charge in [-0.1, -0.05) is 35.8 Å². The number of carbonyl (C=O) groups is 2. The number of amides is 2. The van der Waals surface area contributed by atoms with Crippen LogP contribution in [-0.4, -0.2) is 43.3 Å². The lowest BCUT2D eigenvalue weighted by Crippen LogP contribution is -2.22. The van der Waals surface area contributed by atoms with Crippen LogP contribution in [0.5, 0.6) is 0 Å². The molecule has 4 N–H and O–H groups in total. The van der Waals surface area contributed by atoms with Crippen LogP contribution in [0, 0.1) is 12.8 Å². The fourth-order valence-electron chi connectivity index (χ4n) is 3.53. The first-order chi connectivity index (χ1) is 15.2. The van der Waals surface area contributed by atoms with E-state index in [1.807, 2.05) is 13.0 Å². The first-order valence-electron chi connectivity index (χ1n) is 10.3. The average Bonchev–Trinajstić information content (AvgIpc) is 3.41. The van der Waals surface area contributed by atoms with E-state index in [9.17, 15) is 18.0 Å². The zero-order chi connectivity index (χ0) is 23.3. The minimum atomic E-state index is -3.58. The number of nitrogens with two attached hydrogens (primary N) is 1. The molecule has 1 aliphatic carbocycles. The Morgan fingerprint density at radius 2 is 1.97 bits per heavy atom. The fourth-order valence-corrected chi connectivity index (χ4v) is 5.82. The predicted molar refractivity (Wildman–Crippen MR) is 126 cm³/mol. The number of Topliss-reactive ketones (excluding diaryl/α,β-unsaturated/α-hetero) is 1. The standard InChI is InChI=1S/C21H27N5O4S2/c1-13-7-8-17(16(11-13)19(27)15-5-3-4-6-15)25-20(28)26-21-24-12-18(31-21)32(29,30)10-9-23-14(2)22/h7-8,11-12,15H,3-6,9-10H2,1-2H3,(H2,22,23)(H2,24,25,26,28). The number of aliphatic imine (C=N–C) groups is 1. The molecular formula is C21H27N5O4S2. The number of hydrogen-bond donors (Lipinski definition) is 3. The van der Waals surface area contributed by atoms with Gasteiger partial charge in [0.25, 0.3) is 0 Å². The van der Waals surface area contributed by atoms with Gasteiger partial charge in [-0.25, -0.2) is 18.2 Å². The number of aryl methyl sites for hydroxylation is 1. The summed E-state index contributed by atoms with van der Waals surface area (Å²) < 4.78 is 24.8. The van der Waals surface area contributed by atoms with Crippen molar-refractivity contribution in [2.45, 2.75) is 43.7 Å². The van der Waals surface area contributed by atoms with Gasteiger partial charge in [0.05, 0.1) is 30.0 Å². The molecule has 172 valence electrons. The molecule has 1 fully saturated rings. The largest absolute Gasteiger partial charge is 0.388 e. The molecule has 3 rings (SSSR count). The quantitative estimate of drug-likeness (QED) is 0.301. The van der Waals surface area contributed by atoms with E-state index < -0.39 is 15.9 Å². The van der Waals surface area contributed by atoms with Gasteiger partial charge >= 0.3 is 6.03 Å². The highest BCUT2D eigenvalue weighted by atomic mass is 32.2. The van der Waals surface area contributed by atoms with E-state index in [1.54, 1.807) is 19.1 Å². The van der Waals surface area contributed by atoms with Crippen molar-refractivity contribution in [3.8, 4) is 0 Å². The summed E-state index contributed by atoms with van der Waals surface area (Å²) in [6.45, 7) is 3.53. The van der Waals surface area contributed by atoms with Gasteiger partial charge in [-0.15, -0.1) is 0 Å². The first-order valence-corrected chi connectivity index (χ1v) is 12.8. The average molecular weight is 478 g/mol. The second kappa shape index (κ2) is 10.2. The first kappa shape index (κ1) is 23.9. The van der Waals surface area contributed by atoms with Crippen molar-refractivity contribution in [2.24, 2.45) is 16.6 Å². The van der Waals surface area contributed by atoms with Gasteiger partial charge in [-0.05, 0) is 38.8 Å². The van der Waals surface area contributed by atoms with E-state index in [4.69, 9.17) is 5.73 Å². The van der Waals surface area contributed by atoms with Gasteiger partial charge in [0, 0.05) is 11.5 Å². The van der Waals surface area contributed by atoms with Crippen LogP contribution in [0.15, 0.2) is 33.6 Å². The van der Waals surface area contributed by atoms with Gasteiger partial charge in [0.1, 0.15) is 4.21 Å². The van der Waals surface area contributed by atoms with Crippen molar-refractivity contribution < 1.29 is 18.0 Å². The number of urea groups is 1. The molecule has 0 bridgehead atoms. The summed E-state index contributed by atoms with van der Waals surface area (Å²) in [4.78, 5) is 33.3. The van der Waals surface area contributed by atoms with E-state index in [1.165, 1.54) is 6.20 Å². The van der Waals surface area contributed by atoms with Gasteiger partial charge < -0.3 is 11.1 Å². The van der Waals surface area contributed by atoms with Crippen molar-refractivity contribution in [2.75, 3.05) is 22.9 Å². The van der Waals surface area contributed by atoms with E-state index in [-0.39, 0.29) is 33.3 Å². The second-order valence-corrected chi connectivity index (χ2v) is 11.2. The molecule has 2 amide bonds. The SMILES string of the molecule is CC(N)=NCCS(=O)(=O)c1cnc(NC(=O)Nc2ccc(C)cc2C(=O)C2CCCC2)s1. The topological polar surface area (TPSA) is 144 Å². The molecule has 1 aromatic carbocycles. The number of ketones is 1. The van der Waals surface area contributed by atoms with Crippen LogP contribution < -0.4 is 16.4 Å². The molecule has 1 heterocycles. The zero-order valence-electron chi connectivity index (χ0n) is 18.1. The third-order valence-corrected chi connectivity index (χ3v) is 8.31. The van der Waals surface area contributed by atoms with E-state index >= 15 is 0 Å². The Bertz CT molecular complexity index is 1130. The Balaban J connectivity index is 1.68. The molecule has 0 radical (unpaired) electrons. The highest BCUT2D eigenvalue weighted by Gasteiger charge is 2.26. The van der Waals surface area contributed by atoms with Crippen molar-refractivity contribution in [3.05, 3.63) is 35.5 Å². The third kappa shape index (κ3) is 6.13. The van der Waals surface area contributed by atoms with Crippen LogP contribution in [0.3, 0.4) is 0 Å². The lowest BCUT2D eigenvalue weighted by Gasteiger charge is -2.14. The number of hydrogen-bond acceptors (Lipinski definition) is 7. The molecule has 1 aliphatic rings. The van der Waals surface area contributed by atoms with Gasteiger partial charge in [0.15, 0.2) is 20.8 Å². The predicted octanol–water partition coefficient (Wildman–Crippen LogP) is 3.62. The van der Waals surface area contributed by atoms with Crippen LogP contribution in [0.1, 0.15) is 48.5 Å². The minimum absolute atomic E-state index is 0.0143. The molecule has 2 aromatic rings. The van der Waals surface area contributed by atoms with Gasteiger partial charge in [0.2, 0.25) is 0 Å². The molecular weight excluding hydrogens is 450 g/mol. The Labute approximate surface area is 191 Å². The smallest absolute Gasteiger partial charge is 0.325 e. The number of nitrogens with zero attached hydrogens (tertiary/aromatic N) is 2. The molecule has 0 unspecified atom stereocenters. The Kier molecular flexibility index (Phi) is 7.62. The fraction of sp³-hybridized carbons (Fsp3) is 0.429. The van der Waals surface area contributed by atoms with Gasteiger partial charge in [-0.3, -0.25) is 15.1 Å². The number of nitrogens with one attached hydrogen (secondary N) is 2. The Morgan fingerprint density at radius 3 is 2.66 bits per heavy atom. The summed E-state index contributed by atoms with van der Waals surface area (Å²) in [5, 5.41) is 5.38. The summed E-state index contributed by atoms with van der Waals surface area (Å²) in [6.07, 6.45) is 5.02. The van der Waals surface area contributed by atoms with Crippen LogP contribution >= 0.6 is 11.3 Å². The minimum Gasteiger partial charge on any atom is -0.388 e. The highest BCUT2D eigenvalue weighted by Crippen LogP contribution is 2.31. The van der Waals surface area contributed by atoms with Crippen molar-refractivity contribution in [3.63, 3.8) is 0 Å². The number of sulfone groups is 1. The molecule has 32 heavy (non-hydrogen) atoms. The summed E-state index contributed by atoms with van der Waals surface area (Å²) in [5.41, 5.74) is 7.27. The maximum absolute atomic E-state index is 12.9. The number of benzene rings is 1. The molecule has 0 saturated heterocycles. The number of carbonyl (C=O) groups excluding carboxylic acids is 2.